The van der Waals surface area contributed by atoms with Gasteiger partial charge in [0.2, 0.25) is 0 Å². The van der Waals surface area contributed by atoms with Crippen molar-refractivity contribution >= 4 is 0 Å². The molecule has 1 aliphatic carbocycles. The van der Waals surface area contributed by atoms with Gasteiger partial charge in [-0.25, -0.2) is 0 Å². The van der Waals surface area contributed by atoms with Crippen LogP contribution < -0.4 is 4.74 Å². The summed E-state index contributed by atoms with van der Waals surface area (Å²) >= 11 is 0. The van der Waals surface area contributed by atoms with Crippen molar-refractivity contribution < 1.29 is 9.84 Å². The van der Waals surface area contributed by atoms with Gasteiger partial charge in [0.25, 0.3) is 0 Å². The number of benzene rings is 1. The van der Waals surface area contributed by atoms with Crippen LogP contribution in [0.5, 0.6) is 11.5 Å². The van der Waals surface area contributed by atoms with E-state index in [9.17, 15) is 5.11 Å². The molecule has 1 aliphatic heterocycles. The molecule has 29 heavy (non-hydrogen) atoms. The molecular formula is C25H42N2O2. The first kappa shape index (κ1) is 22.4. The first-order valence-electron chi connectivity index (χ1n) is 11.7. The van der Waals surface area contributed by atoms with Gasteiger partial charge in [-0.2, -0.15) is 0 Å². The van der Waals surface area contributed by atoms with Crippen LogP contribution in [-0.4, -0.2) is 61.3 Å². The fourth-order valence-electron chi connectivity index (χ4n) is 5.26. The topological polar surface area (TPSA) is 35.9 Å². The monoisotopic (exact) mass is 402 g/mol. The maximum atomic E-state index is 11.0. The molecule has 2 fully saturated rings. The zero-order valence-electron chi connectivity index (χ0n) is 19.3. The summed E-state index contributed by atoms with van der Waals surface area (Å²) < 4.78 is 5.80. The number of piperazine rings is 1. The predicted octanol–water partition coefficient (Wildman–Crippen LogP) is 5.14. The van der Waals surface area contributed by atoms with Gasteiger partial charge < -0.3 is 14.7 Å². The Labute approximate surface area is 178 Å². The lowest BCUT2D eigenvalue weighted by atomic mass is 9.76. The van der Waals surface area contributed by atoms with Crippen LogP contribution in [0.4, 0.5) is 0 Å². The summed E-state index contributed by atoms with van der Waals surface area (Å²) in [5.74, 6) is 1.72. The lowest BCUT2D eigenvalue weighted by Crippen LogP contribution is -2.49. The minimum atomic E-state index is 0.0540. The SMILES string of the molecule is CCCCC(C)(C)c1cc(O)c(C2CCC(N3CCN(C)CC3)CC2)c(OC)c1. The Morgan fingerprint density at radius 2 is 1.72 bits per heavy atom. The average molecular weight is 403 g/mol. The highest BCUT2D eigenvalue weighted by Crippen LogP contribution is 2.45. The summed E-state index contributed by atoms with van der Waals surface area (Å²) in [5.41, 5.74) is 2.29. The molecule has 1 saturated heterocycles. The Morgan fingerprint density at radius 3 is 2.31 bits per heavy atom. The summed E-state index contributed by atoms with van der Waals surface area (Å²) in [5, 5.41) is 11.0. The van der Waals surface area contributed by atoms with Crippen molar-refractivity contribution in [3.63, 3.8) is 0 Å². The fraction of sp³-hybridized carbons (Fsp3) is 0.760. The molecule has 0 aromatic heterocycles. The van der Waals surface area contributed by atoms with Crippen LogP contribution in [0.2, 0.25) is 0 Å². The van der Waals surface area contributed by atoms with E-state index in [1.807, 2.05) is 6.07 Å². The van der Waals surface area contributed by atoms with Crippen LogP contribution in [0.25, 0.3) is 0 Å². The van der Waals surface area contributed by atoms with Gasteiger partial charge in [0.15, 0.2) is 0 Å². The van der Waals surface area contributed by atoms with Crippen LogP contribution in [0.1, 0.15) is 82.8 Å². The van der Waals surface area contributed by atoms with Gasteiger partial charge in [-0.1, -0.05) is 33.6 Å². The molecule has 0 bridgehead atoms. The van der Waals surface area contributed by atoms with E-state index >= 15 is 0 Å². The predicted molar refractivity (Wildman–Crippen MR) is 121 cm³/mol. The molecule has 0 unspecified atom stereocenters. The summed E-state index contributed by atoms with van der Waals surface area (Å²) in [6.07, 6.45) is 8.25. The number of unbranched alkanes of at least 4 members (excludes halogenated alkanes) is 1. The number of phenols is 1. The highest BCUT2D eigenvalue weighted by Gasteiger charge is 2.32. The highest BCUT2D eigenvalue weighted by atomic mass is 16.5. The first-order chi connectivity index (χ1) is 13.9. The summed E-state index contributed by atoms with van der Waals surface area (Å²) in [6, 6.07) is 4.91. The lowest BCUT2D eigenvalue weighted by Gasteiger charge is -2.41. The molecule has 1 aromatic rings. The Bertz CT molecular complexity index is 657. The minimum absolute atomic E-state index is 0.0540. The Morgan fingerprint density at radius 1 is 1.07 bits per heavy atom. The van der Waals surface area contributed by atoms with Crippen molar-refractivity contribution in [1.29, 1.82) is 0 Å². The highest BCUT2D eigenvalue weighted by molar-refractivity contribution is 5.51. The van der Waals surface area contributed by atoms with Crippen molar-refractivity contribution in [2.45, 2.75) is 83.1 Å². The molecule has 1 aromatic carbocycles. The molecular weight excluding hydrogens is 360 g/mol. The van der Waals surface area contributed by atoms with Crippen LogP contribution >= 0.6 is 0 Å². The third kappa shape index (κ3) is 5.27. The quantitative estimate of drug-likeness (QED) is 0.685. The van der Waals surface area contributed by atoms with E-state index in [1.165, 1.54) is 57.4 Å². The Balaban J connectivity index is 1.71. The smallest absolute Gasteiger partial charge is 0.126 e. The molecule has 164 valence electrons. The Kier molecular flexibility index (Phi) is 7.50. The van der Waals surface area contributed by atoms with E-state index in [0.29, 0.717) is 17.7 Å². The van der Waals surface area contributed by atoms with Crippen LogP contribution in [0.3, 0.4) is 0 Å². The van der Waals surface area contributed by atoms with Crippen molar-refractivity contribution in [2.75, 3.05) is 40.3 Å². The standard InChI is InChI=1S/C25H42N2O2/c1-6-7-12-25(2,3)20-17-22(28)24(23(18-20)29-5)19-8-10-21(11-9-19)27-15-13-26(4)14-16-27/h17-19,21,28H,6-16H2,1-5H3. The number of hydrogen-bond donors (Lipinski definition) is 1. The van der Waals surface area contributed by atoms with Crippen LogP contribution in [-0.2, 0) is 5.41 Å². The molecule has 0 spiro atoms. The van der Waals surface area contributed by atoms with Crippen LogP contribution in [0, 0.1) is 0 Å². The molecule has 1 saturated carbocycles. The molecule has 2 aliphatic rings. The Hall–Kier alpha value is -1.26. The van der Waals surface area contributed by atoms with Gasteiger partial charge in [0.1, 0.15) is 11.5 Å². The average Bonchev–Trinajstić information content (AvgIpc) is 2.72. The summed E-state index contributed by atoms with van der Waals surface area (Å²) in [6.45, 7) is 11.5. The molecule has 3 rings (SSSR count). The van der Waals surface area contributed by atoms with E-state index in [4.69, 9.17) is 4.74 Å². The van der Waals surface area contributed by atoms with E-state index < -0.39 is 0 Å². The third-order valence-electron chi connectivity index (χ3n) is 7.44. The van der Waals surface area contributed by atoms with Crippen molar-refractivity contribution in [3.8, 4) is 11.5 Å². The van der Waals surface area contributed by atoms with Gasteiger partial charge in [-0.3, -0.25) is 4.90 Å². The van der Waals surface area contributed by atoms with E-state index in [-0.39, 0.29) is 5.41 Å². The zero-order chi connectivity index (χ0) is 21.0. The van der Waals surface area contributed by atoms with E-state index in [2.05, 4.69) is 43.7 Å². The van der Waals surface area contributed by atoms with Crippen molar-refractivity contribution in [2.24, 2.45) is 0 Å². The number of ether oxygens (including phenoxy) is 1. The second-order valence-electron chi connectivity index (χ2n) is 9.94. The molecule has 0 amide bonds. The molecule has 0 atom stereocenters. The van der Waals surface area contributed by atoms with Gasteiger partial charge >= 0.3 is 0 Å². The molecule has 1 N–H and O–H groups in total. The second-order valence-corrected chi connectivity index (χ2v) is 9.94. The number of rotatable bonds is 7. The number of aromatic hydroxyl groups is 1. The largest absolute Gasteiger partial charge is 0.508 e. The summed E-state index contributed by atoms with van der Waals surface area (Å²) in [7, 11) is 3.97. The minimum Gasteiger partial charge on any atom is -0.508 e. The maximum absolute atomic E-state index is 11.0. The number of hydrogen-bond acceptors (Lipinski definition) is 4. The van der Waals surface area contributed by atoms with Crippen molar-refractivity contribution in [1.82, 2.24) is 9.80 Å². The van der Waals surface area contributed by atoms with Crippen molar-refractivity contribution in [3.05, 3.63) is 23.3 Å². The van der Waals surface area contributed by atoms with Crippen LogP contribution in [0.15, 0.2) is 12.1 Å². The van der Waals surface area contributed by atoms with Gasteiger partial charge in [-0.15, -0.1) is 0 Å². The third-order valence-corrected chi connectivity index (χ3v) is 7.44. The van der Waals surface area contributed by atoms with Gasteiger partial charge in [0.05, 0.1) is 7.11 Å². The number of methoxy groups -OCH3 is 1. The number of nitrogens with zero attached hydrogens (tertiary/aromatic N) is 2. The summed E-state index contributed by atoms with van der Waals surface area (Å²) in [4.78, 5) is 5.11. The first-order valence-corrected chi connectivity index (χ1v) is 11.7. The van der Waals surface area contributed by atoms with Gasteiger partial charge in [-0.05, 0) is 68.2 Å². The molecule has 4 nitrogen and oxygen atoms in total. The van der Waals surface area contributed by atoms with E-state index in [1.54, 1.807) is 7.11 Å². The lowest BCUT2D eigenvalue weighted by molar-refractivity contribution is 0.0875. The molecule has 4 heteroatoms. The fourth-order valence-corrected chi connectivity index (χ4v) is 5.26. The zero-order valence-corrected chi connectivity index (χ0v) is 19.3. The maximum Gasteiger partial charge on any atom is 0.126 e. The van der Waals surface area contributed by atoms with E-state index in [0.717, 1.165) is 30.6 Å². The van der Waals surface area contributed by atoms with Gasteiger partial charge in [0, 0.05) is 37.8 Å². The second kappa shape index (κ2) is 9.70. The molecule has 0 radical (unpaired) electrons. The number of likely N-dealkylation sites (N-methyl/N-ethyl adjacent to an activating group) is 1. The normalized spacial score (nSPS) is 24.6. The number of phenolic OH excluding ortho intramolecular Hbond substituents is 1. The molecule has 1 heterocycles.